The largest absolute Gasteiger partial charge is 0.463 e. The molecular weight excluding hydrogens is 580 g/mol. The minimum Gasteiger partial charge on any atom is -0.463 e. The number of hydrogen-bond acceptors (Lipinski definition) is 8. The van der Waals surface area contributed by atoms with Crippen LogP contribution in [0.5, 0.6) is 0 Å². The summed E-state index contributed by atoms with van der Waals surface area (Å²) in [5.41, 5.74) is 0.0809. The van der Waals surface area contributed by atoms with Crippen LogP contribution in [0.3, 0.4) is 0 Å². The van der Waals surface area contributed by atoms with Crippen molar-refractivity contribution in [3.63, 3.8) is 0 Å². The number of ether oxygens (including phenoxy) is 3. The monoisotopic (exact) mass is 630 g/mol. The Hall–Kier alpha value is -3.93. The van der Waals surface area contributed by atoms with Gasteiger partial charge in [0.15, 0.2) is 0 Å². The second-order valence-corrected chi connectivity index (χ2v) is 12.6. The number of amides is 4. The molecule has 12 nitrogen and oxygen atoms in total. The van der Waals surface area contributed by atoms with Gasteiger partial charge in [-0.05, 0) is 65.4 Å². The van der Waals surface area contributed by atoms with Crippen molar-refractivity contribution in [3.8, 4) is 0 Å². The summed E-state index contributed by atoms with van der Waals surface area (Å²) in [5.74, 6) is -2.14. The first-order valence-electron chi connectivity index (χ1n) is 15.6. The minimum absolute atomic E-state index is 0.0132. The van der Waals surface area contributed by atoms with Crippen LogP contribution in [0.25, 0.3) is 0 Å². The van der Waals surface area contributed by atoms with Gasteiger partial charge in [-0.25, -0.2) is 9.59 Å². The van der Waals surface area contributed by atoms with Crippen LogP contribution >= 0.6 is 0 Å². The predicted molar refractivity (Wildman–Crippen MR) is 169 cm³/mol. The molecule has 45 heavy (non-hydrogen) atoms. The van der Waals surface area contributed by atoms with Crippen molar-refractivity contribution in [1.29, 1.82) is 0 Å². The number of rotatable bonds is 16. The van der Waals surface area contributed by atoms with E-state index in [0.717, 1.165) is 5.56 Å². The summed E-state index contributed by atoms with van der Waals surface area (Å²) in [6.45, 7) is 13.2. The first kappa shape index (κ1) is 37.3. The molecule has 0 bridgehead atoms. The fourth-order valence-electron chi connectivity index (χ4n) is 4.72. The fourth-order valence-corrected chi connectivity index (χ4v) is 4.72. The van der Waals surface area contributed by atoms with Gasteiger partial charge in [-0.3, -0.25) is 14.4 Å². The van der Waals surface area contributed by atoms with Crippen LogP contribution in [0.2, 0.25) is 0 Å². The number of carbonyl (C=O) groups is 5. The lowest BCUT2D eigenvalue weighted by Crippen LogP contribution is -2.58. The lowest BCUT2D eigenvalue weighted by molar-refractivity contribution is -0.137. The zero-order valence-electron chi connectivity index (χ0n) is 27.5. The van der Waals surface area contributed by atoms with E-state index in [1.807, 2.05) is 44.2 Å². The first-order valence-corrected chi connectivity index (χ1v) is 15.6. The van der Waals surface area contributed by atoms with Crippen LogP contribution in [0.1, 0.15) is 73.3 Å². The molecule has 1 unspecified atom stereocenters. The number of esters is 1. The maximum Gasteiger partial charge on any atom is 0.408 e. The smallest absolute Gasteiger partial charge is 0.408 e. The van der Waals surface area contributed by atoms with Crippen LogP contribution in [-0.2, 0) is 40.0 Å². The summed E-state index contributed by atoms with van der Waals surface area (Å²) in [6, 6.07) is 6.54. The predicted octanol–water partition coefficient (Wildman–Crippen LogP) is 3.15. The maximum atomic E-state index is 13.7. The highest BCUT2D eigenvalue weighted by Gasteiger charge is 2.34. The van der Waals surface area contributed by atoms with E-state index in [4.69, 9.17) is 14.2 Å². The van der Waals surface area contributed by atoms with Gasteiger partial charge < -0.3 is 35.5 Å². The van der Waals surface area contributed by atoms with Crippen LogP contribution in [0, 0.1) is 11.8 Å². The third kappa shape index (κ3) is 14.1. The van der Waals surface area contributed by atoms with E-state index < -0.39 is 53.7 Å². The summed E-state index contributed by atoms with van der Waals surface area (Å²) in [5, 5.41) is 11.1. The molecule has 1 saturated heterocycles. The van der Waals surface area contributed by atoms with Gasteiger partial charge in [0.25, 0.3) is 0 Å². The molecule has 12 heteroatoms. The Balaban J connectivity index is 2.25. The standard InChI is InChI=1S/C33H50N4O8/c1-8-43-27(38)15-14-25(19-24-16-17-34-29(24)39)35-30(40)26(18-21(2)3)36-31(41)28(37-32(42)45-33(5,6)7)22(4)44-20-23-12-10-9-11-13-23/h9-15,21-22,24-26,28H,8,16-20H2,1-7H3,(H,34,39)(H,35,40)(H,36,41)(H,37,42)/b15-14+/t22?,24-,25+,26-,28-/m0/s1. The molecule has 0 radical (unpaired) electrons. The molecule has 1 aliphatic heterocycles. The van der Waals surface area contributed by atoms with E-state index in [-0.39, 0.29) is 43.8 Å². The van der Waals surface area contributed by atoms with E-state index in [1.165, 1.54) is 12.2 Å². The average molecular weight is 631 g/mol. The molecule has 1 aromatic carbocycles. The van der Waals surface area contributed by atoms with Gasteiger partial charge in [-0.15, -0.1) is 0 Å². The van der Waals surface area contributed by atoms with Crippen molar-refractivity contribution in [2.24, 2.45) is 11.8 Å². The normalized spacial score (nSPS) is 17.6. The number of alkyl carbamates (subject to hydrolysis) is 1. The first-order chi connectivity index (χ1) is 21.2. The van der Waals surface area contributed by atoms with E-state index in [2.05, 4.69) is 21.3 Å². The lowest BCUT2D eigenvalue weighted by atomic mass is 9.96. The van der Waals surface area contributed by atoms with Crippen molar-refractivity contribution in [1.82, 2.24) is 21.3 Å². The van der Waals surface area contributed by atoms with Crippen molar-refractivity contribution >= 4 is 29.8 Å². The molecule has 0 aliphatic carbocycles. The van der Waals surface area contributed by atoms with Crippen LogP contribution < -0.4 is 21.3 Å². The molecule has 0 aromatic heterocycles. The number of benzene rings is 1. The fraction of sp³-hybridized carbons (Fsp3) is 0.606. The molecule has 4 amide bonds. The molecule has 1 aromatic rings. The molecule has 0 spiro atoms. The summed E-state index contributed by atoms with van der Waals surface area (Å²) in [6.07, 6.45) is 2.29. The van der Waals surface area contributed by atoms with Crippen molar-refractivity contribution < 1.29 is 38.2 Å². The minimum atomic E-state index is -1.19. The molecule has 5 atom stereocenters. The van der Waals surface area contributed by atoms with Gasteiger partial charge in [-0.2, -0.15) is 0 Å². The van der Waals surface area contributed by atoms with Crippen LogP contribution in [0.15, 0.2) is 42.5 Å². The van der Waals surface area contributed by atoms with Crippen molar-refractivity contribution in [2.45, 2.75) is 104 Å². The van der Waals surface area contributed by atoms with Gasteiger partial charge in [0.2, 0.25) is 17.7 Å². The highest BCUT2D eigenvalue weighted by atomic mass is 16.6. The second kappa shape index (κ2) is 18.1. The summed E-state index contributed by atoms with van der Waals surface area (Å²) >= 11 is 0. The highest BCUT2D eigenvalue weighted by molar-refractivity contribution is 5.92. The Kier molecular flexibility index (Phi) is 15.0. The Morgan fingerprint density at radius 3 is 2.29 bits per heavy atom. The Morgan fingerprint density at radius 1 is 1.02 bits per heavy atom. The number of hydrogen-bond donors (Lipinski definition) is 4. The quantitative estimate of drug-likeness (QED) is 0.160. The number of nitrogens with one attached hydrogen (secondary N) is 4. The van der Waals surface area contributed by atoms with Gasteiger partial charge >= 0.3 is 12.1 Å². The molecular formula is C33H50N4O8. The van der Waals surface area contributed by atoms with Gasteiger partial charge in [-0.1, -0.05) is 50.3 Å². The average Bonchev–Trinajstić information content (AvgIpc) is 3.36. The Bertz CT molecular complexity index is 1160. The maximum absolute atomic E-state index is 13.7. The molecule has 4 N–H and O–H groups in total. The van der Waals surface area contributed by atoms with E-state index in [1.54, 1.807) is 34.6 Å². The summed E-state index contributed by atoms with van der Waals surface area (Å²) < 4.78 is 16.3. The third-order valence-electron chi connectivity index (χ3n) is 6.90. The lowest BCUT2D eigenvalue weighted by Gasteiger charge is -2.29. The second-order valence-electron chi connectivity index (χ2n) is 12.6. The molecule has 1 heterocycles. The van der Waals surface area contributed by atoms with E-state index in [9.17, 15) is 24.0 Å². The van der Waals surface area contributed by atoms with E-state index >= 15 is 0 Å². The Labute approximate surface area is 266 Å². The van der Waals surface area contributed by atoms with Gasteiger partial charge in [0, 0.05) is 24.6 Å². The topological polar surface area (TPSA) is 161 Å². The zero-order valence-corrected chi connectivity index (χ0v) is 27.5. The molecule has 2 rings (SSSR count). The van der Waals surface area contributed by atoms with Crippen LogP contribution in [-0.4, -0.2) is 72.8 Å². The Morgan fingerprint density at radius 2 is 1.71 bits per heavy atom. The molecule has 250 valence electrons. The van der Waals surface area contributed by atoms with E-state index in [0.29, 0.717) is 13.0 Å². The summed E-state index contributed by atoms with van der Waals surface area (Å²) in [7, 11) is 0. The summed E-state index contributed by atoms with van der Waals surface area (Å²) in [4.78, 5) is 64.4. The molecule has 1 aliphatic rings. The van der Waals surface area contributed by atoms with Crippen LogP contribution in [0.4, 0.5) is 4.79 Å². The zero-order chi connectivity index (χ0) is 33.6. The van der Waals surface area contributed by atoms with Gasteiger partial charge in [0.1, 0.15) is 17.7 Å². The van der Waals surface area contributed by atoms with Gasteiger partial charge in [0.05, 0.1) is 19.3 Å². The third-order valence-corrected chi connectivity index (χ3v) is 6.90. The number of carbonyl (C=O) groups excluding carboxylic acids is 5. The molecule has 0 saturated carbocycles. The highest BCUT2D eigenvalue weighted by Crippen LogP contribution is 2.18. The van der Waals surface area contributed by atoms with Crippen molar-refractivity contribution in [3.05, 3.63) is 48.0 Å². The SMILES string of the molecule is CCOC(=O)/C=C/[C@H](C[C@@H]1CCNC1=O)NC(=O)[C@H](CC(C)C)NC(=O)[C@@H](NC(=O)OC(C)(C)C)C(C)OCc1ccccc1. The van der Waals surface area contributed by atoms with Crippen molar-refractivity contribution in [2.75, 3.05) is 13.2 Å². The molecule has 1 fully saturated rings.